The minimum absolute atomic E-state index is 0.0473. The molecule has 0 radical (unpaired) electrons. The summed E-state index contributed by atoms with van der Waals surface area (Å²) < 4.78 is 2.42. The van der Waals surface area contributed by atoms with Crippen LogP contribution < -0.4 is 5.73 Å². The van der Waals surface area contributed by atoms with E-state index < -0.39 is 0 Å². The summed E-state index contributed by atoms with van der Waals surface area (Å²) in [5.41, 5.74) is 8.84. The zero-order valence-corrected chi connectivity index (χ0v) is 12.7. The molecule has 1 aromatic heterocycles. The number of halogens is 1. The van der Waals surface area contributed by atoms with Gasteiger partial charge in [-0.1, -0.05) is 46.3 Å². The monoisotopic (exact) mass is 331 g/mol. The van der Waals surface area contributed by atoms with Gasteiger partial charge in [0, 0.05) is 15.2 Å². The Morgan fingerprint density at radius 3 is 2.58 bits per heavy atom. The van der Waals surface area contributed by atoms with Crippen molar-refractivity contribution in [2.24, 2.45) is 5.73 Å². The second-order valence-electron chi connectivity index (χ2n) is 4.62. The van der Waals surface area contributed by atoms with Crippen LogP contribution in [0.1, 0.15) is 17.2 Å². The summed E-state index contributed by atoms with van der Waals surface area (Å²) in [6.45, 7) is 0. The third-order valence-electron chi connectivity index (χ3n) is 3.30. The first-order chi connectivity index (χ1) is 9.24. The van der Waals surface area contributed by atoms with Gasteiger partial charge >= 0.3 is 0 Å². The van der Waals surface area contributed by atoms with Crippen LogP contribution in [-0.2, 0) is 6.42 Å². The first-order valence-electron chi connectivity index (χ1n) is 6.20. The Morgan fingerprint density at radius 1 is 1.05 bits per heavy atom. The van der Waals surface area contributed by atoms with Crippen molar-refractivity contribution in [3.8, 4) is 0 Å². The maximum Gasteiger partial charge on any atom is 0.0345 e. The Labute approximate surface area is 125 Å². The van der Waals surface area contributed by atoms with Crippen molar-refractivity contribution in [3.63, 3.8) is 0 Å². The Morgan fingerprint density at radius 2 is 1.79 bits per heavy atom. The van der Waals surface area contributed by atoms with E-state index in [1.54, 1.807) is 11.3 Å². The highest BCUT2D eigenvalue weighted by Crippen LogP contribution is 2.29. The van der Waals surface area contributed by atoms with Gasteiger partial charge in [-0.15, -0.1) is 11.3 Å². The topological polar surface area (TPSA) is 26.0 Å². The van der Waals surface area contributed by atoms with Gasteiger partial charge in [0.2, 0.25) is 0 Å². The fourth-order valence-corrected chi connectivity index (χ4v) is 3.50. The normalized spacial score (nSPS) is 12.7. The molecular formula is C16H14BrNS. The lowest BCUT2D eigenvalue weighted by Crippen LogP contribution is -2.12. The Hall–Kier alpha value is -1.16. The van der Waals surface area contributed by atoms with Crippen LogP contribution in [0.3, 0.4) is 0 Å². The minimum Gasteiger partial charge on any atom is -0.324 e. The van der Waals surface area contributed by atoms with Crippen molar-refractivity contribution in [1.82, 2.24) is 0 Å². The standard InChI is InChI=1S/C16H14BrNS/c17-13-7-5-11(6-8-13)15(18)9-12-10-19-16-4-2-1-3-14(12)16/h1-8,10,15H,9,18H2. The molecule has 0 aliphatic rings. The number of rotatable bonds is 3. The largest absolute Gasteiger partial charge is 0.324 e. The molecule has 1 heterocycles. The smallest absolute Gasteiger partial charge is 0.0345 e. The summed E-state index contributed by atoms with van der Waals surface area (Å²) in [6, 6.07) is 16.8. The zero-order valence-electron chi connectivity index (χ0n) is 10.3. The SMILES string of the molecule is NC(Cc1csc2ccccc12)c1ccc(Br)cc1. The van der Waals surface area contributed by atoms with Crippen molar-refractivity contribution in [3.05, 3.63) is 69.5 Å². The van der Waals surface area contributed by atoms with Gasteiger partial charge in [-0.2, -0.15) is 0 Å². The number of hydrogen-bond acceptors (Lipinski definition) is 2. The summed E-state index contributed by atoms with van der Waals surface area (Å²) in [5, 5.41) is 3.56. The molecule has 96 valence electrons. The summed E-state index contributed by atoms with van der Waals surface area (Å²) >= 11 is 5.24. The lowest BCUT2D eigenvalue weighted by Gasteiger charge is -2.11. The molecular weight excluding hydrogens is 318 g/mol. The molecule has 3 rings (SSSR count). The summed E-state index contributed by atoms with van der Waals surface area (Å²) in [5.74, 6) is 0. The third kappa shape index (κ3) is 2.73. The summed E-state index contributed by atoms with van der Waals surface area (Å²) in [4.78, 5) is 0. The number of thiophene rings is 1. The van der Waals surface area contributed by atoms with Crippen LogP contribution in [0.2, 0.25) is 0 Å². The molecule has 0 aliphatic heterocycles. The van der Waals surface area contributed by atoms with Crippen LogP contribution in [0.4, 0.5) is 0 Å². The number of nitrogens with two attached hydrogens (primary N) is 1. The van der Waals surface area contributed by atoms with E-state index in [1.165, 1.54) is 21.2 Å². The first kappa shape index (κ1) is 12.9. The maximum absolute atomic E-state index is 6.32. The second kappa shape index (κ2) is 5.45. The van der Waals surface area contributed by atoms with Crippen LogP contribution in [0.15, 0.2) is 58.4 Å². The van der Waals surface area contributed by atoms with E-state index in [9.17, 15) is 0 Å². The molecule has 3 heteroatoms. The summed E-state index contributed by atoms with van der Waals surface area (Å²) in [6.07, 6.45) is 0.881. The van der Waals surface area contributed by atoms with Crippen molar-refractivity contribution in [1.29, 1.82) is 0 Å². The molecule has 0 saturated heterocycles. The lowest BCUT2D eigenvalue weighted by molar-refractivity contribution is 0.726. The number of hydrogen-bond donors (Lipinski definition) is 1. The van der Waals surface area contributed by atoms with E-state index in [0.717, 1.165) is 10.9 Å². The van der Waals surface area contributed by atoms with E-state index in [4.69, 9.17) is 5.73 Å². The molecule has 2 N–H and O–H groups in total. The molecule has 0 bridgehead atoms. The highest BCUT2D eigenvalue weighted by atomic mass is 79.9. The predicted molar refractivity (Wildman–Crippen MR) is 86.6 cm³/mol. The Kier molecular flexibility index (Phi) is 3.69. The van der Waals surface area contributed by atoms with E-state index >= 15 is 0 Å². The molecule has 0 saturated carbocycles. The van der Waals surface area contributed by atoms with Crippen LogP contribution in [0.25, 0.3) is 10.1 Å². The highest BCUT2D eigenvalue weighted by Gasteiger charge is 2.10. The average molecular weight is 332 g/mol. The van der Waals surface area contributed by atoms with Gasteiger partial charge in [-0.3, -0.25) is 0 Å². The molecule has 0 amide bonds. The van der Waals surface area contributed by atoms with E-state index in [2.05, 4.69) is 57.7 Å². The van der Waals surface area contributed by atoms with Crippen LogP contribution >= 0.6 is 27.3 Å². The van der Waals surface area contributed by atoms with E-state index in [-0.39, 0.29) is 6.04 Å². The van der Waals surface area contributed by atoms with Crippen molar-refractivity contribution in [2.45, 2.75) is 12.5 Å². The van der Waals surface area contributed by atoms with E-state index in [1.807, 2.05) is 12.1 Å². The highest BCUT2D eigenvalue weighted by molar-refractivity contribution is 9.10. The van der Waals surface area contributed by atoms with Gasteiger partial charge in [0.05, 0.1) is 0 Å². The van der Waals surface area contributed by atoms with Gasteiger partial charge in [0.15, 0.2) is 0 Å². The zero-order chi connectivity index (χ0) is 13.2. The molecule has 0 spiro atoms. The first-order valence-corrected chi connectivity index (χ1v) is 7.87. The van der Waals surface area contributed by atoms with Gasteiger partial charge in [-0.25, -0.2) is 0 Å². The average Bonchev–Trinajstić information content (AvgIpc) is 2.83. The molecule has 0 aliphatic carbocycles. The number of benzene rings is 2. The van der Waals surface area contributed by atoms with Crippen molar-refractivity contribution >= 4 is 37.4 Å². The fraction of sp³-hybridized carbons (Fsp3) is 0.125. The molecule has 1 atom stereocenters. The van der Waals surface area contributed by atoms with E-state index in [0.29, 0.717) is 0 Å². The van der Waals surface area contributed by atoms with Crippen LogP contribution in [0, 0.1) is 0 Å². The number of fused-ring (bicyclic) bond motifs is 1. The second-order valence-corrected chi connectivity index (χ2v) is 6.45. The Balaban J connectivity index is 1.86. The van der Waals surface area contributed by atoms with Crippen LogP contribution in [-0.4, -0.2) is 0 Å². The minimum atomic E-state index is 0.0473. The van der Waals surface area contributed by atoms with Gasteiger partial charge in [0.1, 0.15) is 0 Å². The maximum atomic E-state index is 6.32. The molecule has 0 fully saturated rings. The van der Waals surface area contributed by atoms with Gasteiger partial charge in [-0.05, 0) is 46.5 Å². The molecule has 2 aromatic carbocycles. The van der Waals surface area contributed by atoms with Crippen molar-refractivity contribution < 1.29 is 0 Å². The van der Waals surface area contributed by atoms with Crippen LogP contribution in [0.5, 0.6) is 0 Å². The molecule has 19 heavy (non-hydrogen) atoms. The van der Waals surface area contributed by atoms with Gasteiger partial charge in [0.25, 0.3) is 0 Å². The van der Waals surface area contributed by atoms with Crippen molar-refractivity contribution in [2.75, 3.05) is 0 Å². The van der Waals surface area contributed by atoms with Gasteiger partial charge < -0.3 is 5.73 Å². The Bertz CT molecular complexity index is 687. The molecule has 1 nitrogen and oxygen atoms in total. The fourth-order valence-electron chi connectivity index (χ4n) is 2.26. The summed E-state index contributed by atoms with van der Waals surface area (Å²) in [7, 11) is 0. The molecule has 3 aromatic rings. The third-order valence-corrected chi connectivity index (χ3v) is 4.84. The molecule has 1 unspecified atom stereocenters. The lowest BCUT2D eigenvalue weighted by atomic mass is 9.99. The quantitative estimate of drug-likeness (QED) is 0.725. The predicted octanol–water partition coefficient (Wildman–Crippen LogP) is 4.91.